The molecule has 1 fully saturated rings. The van der Waals surface area contributed by atoms with Gasteiger partial charge < -0.3 is 4.57 Å². The lowest BCUT2D eigenvalue weighted by molar-refractivity contribution is -0.133. The molecule has 2 N–H and O–H groups in total. The van der Waals surface area contributed by atoms with Gasteiger partial charge in [0.05, 0.1) is 17.4 Å². The van der Waals surface area contributed by atoms with E-state index in [1.54, 1.807) is 0 Å². The summed E-state index contributed by atoms with van der Waals surface area (Å²) in [7, 11) is 0. The molecule has 0 radical (unpaired) electrons. The second-order valence-corrected chi connectivity index (χ2v) is 7.06. The molecule has 3 rings (SSSR count). The van der Waals surface area contributed by atoms with Crippen LogP contribution in [-0.4, -0.2) is 21.4 Å². The molecule has 8 heteroatoms. The van der Waals surface area contributed by atoms with Crippen molar-refractivity contribution >= 4 is 22.8 Å². The van der Waals surface area contributed by atoms with Gasteiger partial charge in [-0.05, 0) is 18.8 Å². The molecule has 1 aromatic heterocycles. The summed E-state index contributed by atoms with van der Waals surface area (Å²) in [5, 5.41) is 0. The first-order valence-corrected chi connectivity index (χ1v) is 8.79. The first kappa shape index (κ1) is 18.3. The number of nitrogens with zero attached hydrogens (tertiary/aromatic N) is 2. The molecule has 1 aliphatic rings. The maximum Gasteiger partial charge on any atom is 0.261 e. The van der Waals surface area contributed by atoms with Gasteiger partial charge in [0.25, 0.3) is 5.91 Å². The van der Waals surface area contributed by atoms with Crippen LogP contribution in [0, 0.1) is 23.5 Å². The summed E-state index contributed by atoms with van der Waals surface area (Å²) in [4.78, 5) is 28.8. The van der Waals surface area contributed by atoms with Crippen molar-refractivity contribution in [1.82, 2.24) is 20.4 Å². The van der Waals surface area contributed by atoms with Gasteiger partial charge in [-0.3, -0.25) is 20.4 Å². The molecular weight excluding hydrogens is 342 g/mol. The summed E-state index contributed by atoms with van der Waals surface area (Å²) >= 11 is 0. The van der Waals surface area contributed by atoms with Crippen molar-refractivity contribution in [3.63, 3.8) is 0 Å². The minimum absolute atomic E-state index is 0.0704. The van der Waals surface area contributed by atoms with Crippen molar-refractivity contribution in [1.29, 1.82) is 0 Å². The van der Waals surface area contributed by atoms with Gasteiger partial charge in [-0.15, -0.1) is 0 Å². The van der Waals surface area contributed by atoms with Gasteiger partial charge in [-0.1, -0.05) is 26.7 Å². The summed E-state index contributed by atoms with van der Waals surface area (Å²) in [6.45, 7) is 3.66. The van der Waals surface area contributed by atoms with Gasteiger partial charge >= 0.3 is 0 Å². The molecular formula is C18H22F2N4O2. The fourth-order valence-corrected chi connectivity index (χ4v) is 3.48. The zero-order chi connectivity index (χ0) is 18.8. The monoisotopic (exact) mass is 364 g/mol. The molecule has 6 nitrogen and oxygen atoms in total. The highest BCUT2D eigenvalue weighted by molar-refractivity contribution is 5.87. The van der Waals surface area contributed by atoms with E-state index in [0.717, 1.165) is 37.8 Å². The van der Waals surface area contributed by atoms with Crippen LogP contribution in [-0.2, 0) is 9.59 Å². The van der Waals surface area contributed by atoms with E-state index in [1.165, 1.54) is 10.9 Å². The molecule has 1 aromatic carbocycles. The summed E-state index contributed by atoms with van der Waals surface area (Å²) in [5.74, 6) is -2.85. The van der Waals surface area contributed by atoms with Crippen LogP contribution in [0.3, 0.4) is 0 Å². The third kappa shape index (κ3) is 3.54. The van der Waals surface area contributed by atoms with Crippen LogP contribution in [0.1, 0.15) is 45.6 Å². The summed E-state index contributed by atoms with van der Waals surface area (Å²) in [5.41, 5.74) is 5.53. The van der Waals surface area contributed by atoms with Crippen LogP contribution in [0.2, 0.25) is 0 Å². The zero-order valence-electron chi connectivity index (χ0n) is 14.8. The molecule has 1 heterocycles. The lowest BCUT2D eigenvalue weighted by Crippen LogP contribution is -2.47. The van der Waals surface area contributed by atoms with Crippen molar-refractivity contribution in [3.8, 4) is 0 Å². The van der Waals surface area contributed by atoms with E-state index in [-0.39, 0.29) is 23.3 Å². The van der Waals surface area contributed by atoms with Crippen LogP contribution in [0.15, 0.2) is 18.5 Å². The maximum atomic E-state index is 13.6. The lowest BCUT2D eigenvalue weighted by atomic mass is 10.0. The van der Waals surface area contributed by atoms with E-state index in [9.17, 15) is 18.4 Å². The summed E-state index contributed by atoms with van der Waals surface area (Å²) in [6.07, 6.45) is 5.07. The Labute approximate surface area is 149 Å². The Kier molecular flexibility index (Phi) is 5.20. The zero-order valence-corrected chi connectivity index (χ0v) is 14.8. The van der Waals surface area contributed by atoms with Crippen LogP contribution in [0.5, 0.6) is 0 Å². The molecule has 26 heavy (non-hydrogen) atoms. The van der Waals surface area contributed by atoms with Crippen LogP contribution >= 0.6 is 0 Å². The number of nitrogens with one attached hydrogen (secondary N) is 2. The maximum absolute atomic E-state index is 13.6. The number of amides is 2. The van der Waals surface area contributed by atoms with Gasteiger partial charge in [0.15, 0.2) is 11.6 Å². The SMILES string of the molecule is CC(C)[C@@H](C(=O)NNC(=O)C1CCCC1)n1cnc2cc(F)c(F)cc21. The molecule has 0 aliphatic heterocycles. The Hall–Kier alpha value is -2.51. The van der Waals surface area contributed by atoms with Crippen LogP contribution in [0.4, 0.5) is 8.78 Å². The molecule has 0 saturated heterocycles. The van der Waals surface area contributed by atoms with Crippen molar-refractivity contribution in [2.24, 2.45) is 11.8 Å². The molecule has 0 bridgehead atoms. The first-order chi connectivity index (χ1) is 12.4. The fourth-order valence-electron chi connectivity index (χ4n) is 3.48. The fraction of sp³-hybridized carbons (Fsp3) is 0.500. The minimum Gasteiger partial charge on any atom is -0.317 e. The van der Waals surface area contributed by atoms with Crippen molar-refractivity contribution in [3.05, 3.63) is 30.1 Å². The first-order valence-electron chi connectivity index (χ1n) is 8.79. The van der Waals surface area contributed by atoms with Gasteiger partial charge in [-0.25, -0.2) is 13.8 Å². The van der Waals surface area contributed by atoms with Crippen molar-refractivity contribution < 1.29 is 18.4 Å². The average Bonchev–Trinajstić information content (AvgIpc) is 3.24. The van der Waals surface area contributed by atoms with E-state index < -0.39 is 23.6 Å². The number of hydrogen-bond donors (Lipinski definition) is 2. The summed E-state index contributed by atoms with van der Waals surface area (Å²) < 4.78 is 28.5. The molecule has 1 aliphatic carbocycles. The van der Waals surface area contributed by atoms with Crippen molar-refractivity contribution in [2.75, 3.05) is 0 Å². The number of benzene rings is 1. The Morgan fingerprint density at radius 1 is 1.15 bits per heavy atom. The number of carbonyl (C=O) groups is 2. The number of halogens is 2. The molecule has 0 unspecified atom stereocenters. The number of carbonyl (C=O) groups excluding carboxylic acids is 2. The highest BCUT2D eigenvalue weighted by Crippen LogP contribution is 2.26. The number of aromatic nitrogens is 2. The third-order valence-electron chi connectivity index (χ3n) is 4.85. The molecule has 140 valence electrons. The lowest BCUT2D eigenvalue weighted by Gasteiger charge is -2.23. The topological polar surface area (TPSA) is 76.0 Å². The predicted octanol–water partition coefficient (Wildman–Crippen LogP) is 2.85. The molecule has 1 atom stereocenters. The quantitative estimate of drug-likeness (QED) is 0.819. The third-order valence-corrected chi connectivity index (χ3v) is 4.85. The van der Waals surface area contributed by atoms with Gasteiger partial charge in [0.1, 0.15) is 6.04 Å². The van der Waals surface area contributed by atoms with Gasteiger partial charge in [0.2, 0.25) is 5.91 Å². The molecule has 0 spiro atoms. The Morgan fingerprint density at radius 2 is 1.81 bits per heavy atom. The second-order valence-electron chi connectivity index (χ2n) is 7.06. The standard InChI is InChI=1S/C18H22F2N4O2/c1-10(2)16(18(26)23-22-17(25)11-5-3-4-6-11)24-9-21-14-7-12(19)13(20)8-15(14)24/h7-11,16H,3-6H2,1-2H3,(H,22,25)(H,23,26)/t16-/m0/s1. The normalized spacial score (nSPS) is 16.2. The Bertz CT molecular complexity index is 828. The van der Waals surface area contributed by atoms with Gasteiger partial charge in [0, 0.05) is 18.1 Å². The smallest absolute Gasteiger partial charge is 0.261 e. The number of rotatable bonds is 4. The average molecular weight is 364 g/mol. The van der Waals surface area contributed by atoms with E-state index in [4.69, 9.17) is 0 Å². The number of hydrogen-bond acceptors (Lipinski definition) is 3. The highest BCUT2D eigenvalue weighted by Gasteiger charge is 2.28. The van der Waals surface area contributed by atoms with E-state index in [2.05, 4.69) is 15.8 Å². The van der Waals surface area contributed by atoms with E-state index >= 15 is 0 Å². The second kappa shape index (κ2) is 7.39. The van der Waals surface area contributed by atoms with Crippen molar-refractivity contribution in [2.45, 2.75) is 45.6 Å². The van der Waals surface area contributed by atoms with E-state index in [0.29, 0.717) is 5.52 Å². The predicted molar refractivity (Wildman–Crippen MR) is 91.8 cm³/mol. The molecule has 1 saturated carbocycles. The van der Waals surface area contributed by atoms with Gasteiger partial charge in [-0.2, -0.15) is 0 Å². The highest BCUT2D eigenvalue weighted by atomic mass is 19.2. The molecule has 2 amide bonds. The number of fused-ring (bicyclic) bond motifs is 1. The Balaban J connectivity index is 1.79. The largest absolute Gasteiger partial charge is 0.317 e. The van der Waals surface area contributed by atoms with Crippen LogP contribution < -0.4 is 10.9 Å². The Morgan fingerprint density at radius 3 is 2.46 bits per heavy atom. The number of hydrazine groups is 1. The number of imidazole rings is 1. The van der Waals surface area contributed by atoms with E-state index in [1.807, 2.05) is 13.8 Å². The summed E-state index contributed by atoms with van der Waals surface area (Å²) in [6, 6.07) is 1.30. The minimum atomic E-state index is -1.00. The molecule has 2 aromatic rings. The van der Waals surface area contributed by atoms with Crippen LogP contribution in [0.25, 0.3) is 11.0 Å².